The van der Waals surface area contributed by atoms with E-state index in [4.69, 9.17) is 34.0 Å². The van der Waals surface area contributed by atoms with E-state index in [1.165, 1.54) is 12.2 Å². The Morgan fingerprint density at radius 3 is 2.74 bits per heavy atom. The summed E-state index contributed by atoms with van der Waals surface area (Å²) in [5.74, 6) is -1.39. The lowest BCUT2D eigenvalue weighted by Crippen LogP contribution is -2.39. The van der Waals surface area contributed by atoms with Gasteiger partial charge in [-0.1, -0.05) is 23.2 Å². The summed E-state index contributed by atoms with van der Waals surface area (Å²) in [4.78, 5) is 21.9. The van der Waals surface area contributed by atoms with Crippen LogP contribution in [0.2, 0.25) is 10.0 Å². The zero-order valence-corrected chi connectivity index (χ0v) is 11.3. The van der Waals surface area contributed by atoms with Gasteiger partial charge in [0.2, 0.25) is 11.8 Å². The van der Waals surface area contributed by atoms with E-state index in [2.05, 4.69) is 5.32 Å². The van der Waals surface area contributed by atoms with Crippen molar-refractivity contribution in [3.8, 4) is 0 Å². The van der Waals surface area contributed by atoms with Crippen molar-refractivity contribution in [3.05, 3.63) is 39.9 Å². The van der Waals surface area contributed by atoms with Gasteiger partial charge in [0.25, 0.3) is 0 Å². The van der Waals surface area contributed by atoms with E-state index in [1.54, 1.807) is 18.2 Å². The third-order valence-corrected chi connectivity index (χ3v) is 2.75. The maximum Gasteiger partial charge on any atom is 0.248 e. The Balaban J connectivity index is 2.59. The second kappa shape index (κ2) is 7.13. The quantitative estimate of drug-likeness (QED) is 0.708. The highest BCUT2D eigenvalue weighted by Gasteiger charge is 2.10. The molecule has 19 heavy (non-hydrogen) atoms. The van der Waals surface area contributed by atoms with E-state index < -0.39 is 17.9 Å². The molecule has 0 heterocycles. The van der Waals surface area contributed by atoms with E-state index in [-0.39, 0.29) is 6.54 Å². The molecule has 0 saturated heterocycles. The van der Waals surface area contributed by atoms with Crippen LogP contribution in [0.25, 0.3) is 6.08 Å². The van der Waals surface area contributed by atoms with E-state index in [0.717, 1.165) is 0 Å². The molecule has 7 heteroatoms. The van der Waals surface area contributed by atoms with Crippen LogP contribution in [0, 0.1) is 0 Å². The van der Waals surface area contributed by atoms with Crippen LogP contribution in [-0.2, 0) is 9.59 Å². The molecular weight excluding hydrogens is 291 g/mol. The Hall–Kier alpha value is -1.56. The standard InChI is InChI=1S/C12H12Cl2N2O3/c13-8-2-3-9(14)7(5-8)1-4-11(18)16-6-10(17)12(15)19/h1-5,10,17H,6H2,(H2,15,19)(H,16,18)/b4-1+. The monoisotopic (exact) mass is 302 g/mol. The number of carbonyl (C=O) groups excluding carboxylic acids is 2. The number of aliphatic hydroxyl groups excluding tert-OH is 1. The maximum absolute atomic E-state index is 11.4. The molecule has 0 fully saturated rings. The average molecular weight is 303 g/mol. The van der Waals surface area contributed by atoms with Crippen LogP contribution in [0.15, 0.2) is 24.3 Å². The highest BCUT2D eigenvalue weighted by molar-refractivity contribution is 6.34. The Bertz CT molecular complexity index is 518. The average Bonchev–Trinajstić information content (AvgIpc) is 2.36. The summed E-state index contributed by atoms with van der Waals surface area (Å²) in [5, 5.41) is 12.3. The summed E-state index contributed by atoms with van der Waals surface area (Å²) < 4.78 is 0. The molecule has 0 spiro atoms. The molecule has 102 valence electrons. The van der Waals surface area contributed by atoms with Gasteiger partial charge in [0, 0.05) is 16.1 Å². The molecule has 0 aliphatic heterocycles. The summed E-state index contributed by atoms with van der Waals surface area (Å²) in [6.07, 6.45) is 1.28. The molecule has 5 nitrogen and oxygen atoms in total. The summed E-state index contributed by atoms with van der Waals surface area (Å²) in [7, 11) is 0. The first-order valence-corrected chi connectivity index (χ1v) is 6.04. The molecule has 0 aliphatic carbocycles. The minimum atomic E-state index is -1.41. The number of benzene rings is 1. The number of nitrogens with one attached hydrogen (secondary N) is 1. The molecule has 1 rings (SSSR count). The van der Waals surface area contributed by atoms with Gasteiger partial charge in [-0.05, 0) is 29.8 Å². The number of aliphatic hydroxyl groups is 1. The Labute approximate surface area is 120 Å². The number of carbonyl (C=O) groups is 2. The van der Waals surface area contributed by atoms with Crippen molar-refractivity contribution in [1.82, 2.24) is 5.32 Å². The van der Waals surface area contributed by atoms with Gasteiger partial charge in [0.15, 0.2) is 0 Å². The van der Waals surface area contributed by atoms with Crippen molar-refractivity contribution < 1.29 is 14.7 Å². The van der Waals surface area contributed by atoms with E-state index >= 15 is 0 Å². The number of hydrogen-bond acceptors (Lipinski definition) is 3. The summed E-state index contributed by atoms with van der Waals surface area (Å²) in [5.41, 5.74) is 5.42. The van der Waals surface area contributed by atoms with Crippen molar-refractivity contribution in [2.45, 2.75) is 6.10 Å². The summed E-state index contributed by atoms with van der Waals surface area (Å²) >= 11 is 11.7. The van der Waals surface area contributed by atoms with Gasteiger partial charge < -0.3 is 16.2 Å². The minimum absolute atomic E-state index is 0.248. The molecule has 1 unspecified atom stereocenters. The van der Waals surface area contributed by atoms with Gasteiger partial charge in [-0.3, -0.25) is 9.59 Å². The fourth-order valence-corrected chi connectivity index (χ4v) is 1.53. The first-order valence-electron chi connectivity index (χ1n) is 5.28. The van der Waals surface area contributed by atoms with Crippen LogP contribution in [0.1, 0.15) is 5.56 Å². The molecule has 0 radical (unpaired) electrons. The van der Waals surface area contributed by atoms with E-state index in [0.29, 0.717) is 15.6 Å². The zero-order valence-electron chi connectivity index (χ0n) is 9.77. The normalized spacial score (nSPS) is 12.4. The van der Waals surface area contributed by atoms with Crippen LogP contribution < -0.4 is 11.1 Å². The zero-order chi connectivity index (χ0) is 14.4. The maximum atomic E-state index is 11.4. The lowest BCUT2D eigenvalue weighted by Gasteiger charge is -2.06. The lowest BCUT2D eigenvalue weighted by molar-refractivity contribution is -0.126. The van der Waals surface area contributed by atoms with Crippen LogP contribution >= 0.6 is 23.2 Å². The topological polar surface area (TPSA) is 92.4 Å². The number of primary amides is 1. The van der Waals surface area contributed by atoms with E-state index in [9.17, 15) is 9.59 Å². The summed E-state index contributed by atoms with van der Waals surface area (Å²) in [6, 6.07) is 4.84. The van der Waals surface area contributed by atoms with Crippen LogP contribution in [-0.4, -0.2) is 29.6 Å². The number of nitrogens with two attached hydrogens (primary N) is 1. The van der Waals surface area contributed by atoms with Crippen LogP contribution in [0.3, 0.4) is 0 Å². The van der Waals surface area contributed by atoms with Gasteiger partial charge in [0.05, 0.1) is 6.54 Å². The largest absolute Gasteiger partial charge is 0.381 e. The Morgan fingerprint density at radius 2 is 2.11 bits per heavy atom. The minimum Gasteiger partial charge on any atom is -0.381 e. The van der Waals surface area contributed by atoms with Gasteiger partial charge >= 0.3 is 0 Å². The van der Waals surface area contributed by atoms with Gasteiger partial charge in [-0.25, -0.2) is 0 Å². The van der Waals surface area contributed by atoms with Crippen molar-refractivity contribution in [1.29, 1.82) is 0 Å². The smallest absolute Gasteiger partial charge is 0.248 e. The van der Waals surface area contributed by atoms with Crippen molar-refractivity contribution in [2.24, 2.45) is 5.73 Å². The molecule has 0 bridgehead atoms. The van der Waals surface area contributed by atoms with Gasteiger partial charge in [-0.2, -0.15) is 0 Å². The molecule has 0 aromatic heterocycles. The van der Waals surface area contributed by atoms with E-state index in [1.807, 2.05) is 0 Å². The highest BCUT2D eigenvalue weighted by atomic mass is 35.5. The number of rotatable bonds is 5. The fourth-order valence-electron chi connectivity index (χ4n) is 1.16. The fraction of sp³-hybridized carbons (Fsp3) is 0.167. The third kappa shape index (κ3) is 5.30. The van der Waals surface area contributed by atoms with Gasteiger partial charge in [-0.15, -0.1) is 0 Å². The molecular formula is C12H12Cl2N2O3. The summed E-state index contributed by atoms with van der Waals surface area (Å²) in [6.45, 7) is -0.248. The van der Waals surface area contributed by atoms with Crippen molar-refractivity contribution in [2.75, 3.05) is 6.54 Å². The Kier molecular flexibility index (Phi) is 5.82. The highest BCUT2D eigenvalue weighted by Crippen LogP contribution is 2.21. The first kappa shape index (κ1) is 15.5. The molecule has 4 N–H and O–H groups in total. The molecule has 0 saturated carbocycles. The van der Waals surface area contributed by atoms with Crippen molar-refractivity contribution >= 4 is 41.1 Å². The predicted molar refractivity (Wildman–Crippen MR) is 73.7 cm³/mol. The number of hydrogen-bond donors (Lipinski definition) is 3. The lowest BCUT2D eigenvalue weighted by atomic mass is 10.2. The number of halogens is 2. The molecule has 1 aromatic carbocycles. The molecule has 2 amide bonds. The van der Waals surface area contributed by atoms with Crippen LogP contribution in [0.5, 0.6) is 0 Å². The third-order valence-electron chi connectivity index (χ3n) is 2.17. The molecule has 1 aromatic rings. The Morgan fingerprint density at radius 1 is 1.42 bits per heavy atom. The first-order chi connectivity index (χ1) is 8.90. The van der Waals surface area contributed by atoms with Crippen LogP contribution in [0.4, 0.5) is 0 Å². The second-order valence-electron chi connectivity index (χ2n) is 3.66. The van der Waals surface area contributed by atoms with Crippen molar-refractivity contribution in [3.63, 3.8) is 0 Å². The van der Waals surface area contributed by atoms with Gasteiger partial charge in [0.1, 0.15) is 6.10 Å². The molecule has 1 atom stereocenters. The SMILES string of the molecule is NC(=O)C(O)CNC(=O)/C=C/c1cc(Cl)ccc1Cl. The molecule has 0 aliphatic rings. The second-order valence-corrected chi connectivity index (χ2v) is 4.51. The number of amides is 2. The predicted octanol–water partition coefficient (Wildman–Crippen LogP) is 0.969.